The predicted octanol–water partition coefficient (Wildman–Crippen LogP) is 7.36. The van der Waals surface area contributed by atoms with Gasteiger partial charge >= 0.3 is 0 Å². The van der Waals surface area contributed by atoms with Crippen LogP contribution in [0.1, 0.15) is 52.0 Å². The summed E-state index contributed by atoms with van der Waals surface area (Å²) < 4.78 is 27.1. The van der Waals surface area contributed by atoms with Crippen LogP contribution >= 0.6 is 0 Å². The number of hydrogen-bond donors (Lipinski definition) is 1. The molecule has 1 unspecified atom stereocenters. The molecule has 1 saturated carbocycles. The first-order valence-electron chi connectivity index (χ1n) is 14.7. The molecule has 1 aliphatic carbocycles. The van der Waals surface area contributed by atoms with Gasteiger partial charge in [0.2, 0.25) is 5.95 Å². The van der Waals surface area contributed by atoms with E-state index in [2.05, 4.69) is 55.3 Å². The molecule has 2 aromatic carbocycles. The lowest BCUT2D eigenvalue weighted by Gasteiger charge is -2.41. The normalized spacial score (nSPS) is 18.7. The summed E-state index contributed by atoms with van der Waals surface area (Å²) in [5, 5.41) is 8.85. The molecule has 1 aliphatic rings. The number of hydrogen-bond acceptors (Lipinski definition) is 7. The third kappa shape index (κ3) is 7.16. The van der Waals surface area contributed by atoms with Crippen LogP contribution in [0, 0.1) is 0 Å². The number of benzene rings is 2. The van der Waals surface area contributed by atoms with Crippen LogP contribution in [-0.2, 0) is 28.4 Å². The fourth-order valence-corrected chi connectivity index (χ4v) is 7.24. The Hall–Kier alpha value is -2.92. The van der Waals surface area contributed by atoms with E-state index in [0.717, 1.165) is 64.7 Å². The van der Waals surface area contributed by atoms with Gasteiger partial charge in [0.15, 0.2) is 14.1 Å². The Bertz CT molecular complexity index is 1530. The van der Waals surface area contributed by atoms with Gasteiger partial charge in [-0.15, -0.1) is 0 Å². The Kier molecular flexibility index (Phi) is 8.99. The number of rotatable bonds is 9. The van der Waals surface area contributed by atoms with Crippen molar-refractivity contribution in [2.75, 3.05) is 11.6 Å². The molecule has 0 saturated heterocycles. The molecular weight excluding hydrogens is 563 g/mol. The van der Waals surface area contributed by atoms with Gasteiger partial charge in [-0.3, -0.25) is 4.68 Å². The number of ether oxygens (including phenoxy) is 1. The van der Waals surface area contributed by atoms with Crippen molar-refractivity contribution in [1.29, 1.82) is 0 Å². The van der Waals surface area contributed by atoms with Crippen LogP contribution in [0.5, 0.6) is 5.75 Å². The van der Waals surface area contributed by atoms with Crippen molar-refractivity contribution in [2.24, 2.45) is 7.05 Å². The van der Waals surface area contributed by atoms with Gasteiger partial charge in [0.25, 0.3) is 0 Å². The second-order valence-corrected chi connectivity index (χ2v) is 19.1. The van der Waals surface area contributed by atoms with Gasteiger partial charge in [-0.2, -0.15) is 5.10 Å². The number of nitrogens with zero attached hydrogens (tertiary/aromatic N) is 4. The average Bonchev–Trinajstić information content (AvgIpc) is 3.35. The van der Waals surface area contributed by atoms with Crippen LogP contribution < -0.4 is 10.1 Å². The van der Waals surface area contributed by atoms with Crippen LogP contribution in [0.3, 0.4) is 0 Å². The summed E-state index contributed by atoms with van der Waals surface area (Å²) in [7, 11) is 0.103. The lowest BCUT2D eigenvalue weighted by molar-refractivity contribution is 0.0735. The van der Waals surface area contributed by atoms with Crippen molar-refractivity contribution in [2.45, 2.75) is 82.5 Å². The minimum Gasteiger partial charge on any atom is -0.616 e. The van der Waals surface area contributed by atoms with E-state index in [1.165, 1.54) is 0 Å². The van der Waals surface area contributed by atoms with Gasteiger partial charge in [0.1, 0.15) is 11.3 Å². The first-order valence-corrected chi connectivity index (χ1v) is 19.3. The lowest BCUT2D eigenvalue weighted by Crippen LogP contribution is -2.45. The summed E-state index contributed by atoms with van der Waals surface area (Å²) in [4.78, 5) is 9.54. The highest BCUT2D eigenvalue weighted by Gasteiger charge is 2.40. The molecule has 8 nitrogen and oxygen atoms in total. The SMILES string of the molecule is Cn1cc(-c2ccc3cnc(Nc4cccc(C[S+](C)[O-])c4)nc3c2O[C@H]2CC[C@@H](O[Si](C)(C)C(C)(C)C)CC2)cn1. The fraction of sp³-hybridized carbons (Fsp3) is 0.469. The minimum atomic E-state index is -1.81. The molecule has 1 fully saturated rings. The molecule has 10 heteroatoms. The largest absolute Gasteiger partial charge is 0.616 e. The maximum absolute atomic E-state index is 11.7. The minimum absolute atomic E-state index is 0.0725. The summed E-state index contributed by atoms with van der Waals surface area (Å²) >= 11 is -0.916. The maximum Gasteiger partial charge on any atom is 0.227 e. The van der Waals surface area contributed by atoms with Crippen LogP contribution in [0.15, 0.2) is 55.0 Å². The summed E-state index contributed by atoms with van der Waals surface area (Å²) in [5.74, 6) is 1.75. The Balaban J connectivity index is 1.42. The topological polar surface area (TPSA) is 97.2 Å². The highest BCUT2D eigenvalue weighted by molar-refractivity contribution is 7.89. The van der Waals surface area contributed by atoms with Crippen molar-refractivity contribution < 1.29 is 13.7 Å². The van der Waals surface area contributed by atoms with Gasteiger partial charge in [0, 0.05) is 53.3 Å². The number of aromatic nitrogens is 4. The zero-order chi connectivity index (χ0) is 30.1. The van der Waals surface area contributed by atoms with Gasteiger partial charge < -0.3 is 19.0 Å². The van der Waals surface area contributed by atoms with Crippen LogP contribution in [0.25, 0.3) is 22.0 Å². The zero-order valence-electron chi connectivity index (χ0n) is 25.8. The first-order chi connectivity index (χ1) is 19.9. The van der Waals surface area contributed by atoms with Crippen molar-refractivity contribution in [1.82, 2.24) is 19.7 Å². The highest BCUT2D eigenvalue weighted by Crippen LogP contribution is 2.41. The van der Waals surface area contributed by atoms with E-state index < -0.39 is 19.5 Å². The molecule has 1 atom stereocenters. The third-order valence-electron chi connectivity index (χ3n) is 8.45. The van der Waals surface area contributed by atoms with E-state index >= 15 is 0 Å². The molecule has 2 aromatic heterocycles. The fourth-order valence-electron chi connectivity index (χ4n) is 5.17. The number of aryl methyl sites for hydroxylation is 1. The lowest BCUT2D eigenvalue weighted by atomic mass is 9.95. The highest BCUT2D eigenvalue weighted by atomic mass is 32.2. The molecule has 224 valence electrons. The Morgan fingerprint density at radius 3 is 2.48 bits per heavy atom. The number of nitrogens with one attached hydrogen (secondary N) is 1. The molecule has 0 aliphatic heterocycles. The van der Waals surface area contributed by atoms with Gasteiger partial charge in [0.05, 0.1) is 18.6 Å². The summed E-state index contributed by atoms with van der Waals surface area (Å²) in [6.45, 7) is 11.5. The summed E-state index contributed by atoms with van der Waals surface area (Å²) in [6.07, 6.45) is 11.6. The molecular formula is C32H43N5O3SSi. The van der Waals surface area contributed by atoms with E-state index in [-0.39, 0.29) is 17.2 Å². The molecule has 1 N–H and O–H groups in total. The second-order valence-electron chi connectivity index (χ2n) is 12.9. The number of anilines is 2. The smallest absolute Gasteiger partial charge is 0.227 e. The van der Waals surface area contributed by atoms with Crippen molar-refractivity contribution >= 4 is 42.0 Å². The van der Waals surface area contributed by atoms with Crippen molar-refractivity contribution in [3.63, 3.8) is 0 Å². The Morgan fingerprint density at radius 1 is 1.07 bits per heavy atom. The summed E-state index contributed by atoms with van der Waals surface area (Å²) in [5.41, 5.74) is 4.56. The molecule has 42 heavy (non-hydrogen) atoms. The van der Waals surface area contributed by atoms with E-state index in [0.29, 0.717) is 11.7 Å². The van der Waals surface area contributed by atoms with Crippen LogP contribution in [0.2, 0.25) is 18.1 Å². The second kappa shape index (κ2) is 12.4. The first kappa shape index (κ1) is 30.5. The Morgan fingerprint density at radius 2 is 1.81 bits per heavy atom. The number of fused-ring (bicyclic) bond motifs is 1. The molecule has 5 rings (SSSR count). The molecule has 4 aromatic rings. The van der Waals surface area contributed by atoms with Gasteiger partial charge in [-0.05, 0) is 62.0 Å². The van der Waals surface area contributed by atoms with E-state index in [1.807, 2.05) is 56.0 Å². The predicted molar refractivity (Wildman–Crippen MR) is 174 cm³/mol. The standard InChI is InChI=1S/C32H43N5O3SSi/c1-32(2,3)42(6,7)40-27-14-12-26(13-15-27)39-30-28(24-19-34-37(4)20-24)16-11-23-18-33-31(36-29(23)30)35-25-10-8-9-22(17-25)21-41(5)38/h8-11,16-20,26-27H,12-15,21H2,1-7H3,(H,33,35,36)/t26-,27+,41?. The third-order valence-corrected chi connectivity index (χ3v) is 13.7. The van der Waals surface area contributed by atoms with E-state index in [9.17, 15) is 4.55 Å². The quantitative estimate of drug-likeness (QED) is 0.157. The Labute approximate surface area is 253 Å². The van der Waals surface area contributed by atoms with Crippen LogP contribution in [-0.4, -0.2) is 51.1 Å². The molecule has 0 bridgehead atoms. The van der Waals surface area contributed by atoms with E-state index in [4.69, 9.17) is 14.1 Å². The van der Waals surface area contributed by atoms with Crippen molar-refractivity contribution in [3.05, 3.63) is 60.6 Å². The molecule has 0 spiro atoms. The maximum atomic E-state index is 11.7. The molecule has 0 amide bonds. The monoisotopic (exact) mass is 605 g/mol. The van der Waals surface area contributed by atoms with E-state index in [1.54, 1.807) is 10.9 Å². The molecule has 2 heterocycles. The van der Waals surface area contributed by atoms with Gasteiger partial charge in [-0.25, -0.2) is 9.97 Å². The van der Waals surface area contributed by atoms with Crippen LogP contribution in [0.4, 0.5) is 11.6 Å². The summed E-state index contributed by atoms with van der Waals surface area (Å²) in [6, 6.07) is 12.0. The van der Waals surface area contributed by atoms with Crippen molar-refractivity contribution in [3.8, 4) is 16.9 Å². The molecule has 0 radical (unpaired) electrons. The zero-order valence-corrected chi connectivity index (χ0v) is 27.6. The average molecular weight is 606 g/mol. The van der Waals surface area contributed by atoms with Gasteiger partial charge in [-0.1, -0.05) is 50.1 Å².